The molecule has 1 saturated heterocycles. The zero-order valence-corrected chi connectivity index (χ0v) is 15.4. The van der Waals surface area contributed by atoms with Crippen molar-refractivity contribution in [2.45, 2.75) is 58.3 Å². The molecular weight excluding hydrogens is 318 g/mol. The molecule has 2 rings (SSSR count). The highest BCUT2D eigenvalue weighted by atomic mass is 16.6. The third-order valence-electron chi connectivity index (χ3n) is 3.65. The first-order valence-electron chi connectivity index (χ1n) is 8.64. The summed E-state index contributed by atoms with van der Waals surface area (Å²) in [6.07, 6.45) is 5.29. The van der Waals surface area contributed by atoms with E-state index in [1.54, 1.807) is 12.4 Å². The molecule has 0 saturated carbocycles. The minimum atomic E-state index is -0.516. The van der Waals surface area contributed by atoms with Gasteiger partial charge in [0.25, 0.3) is 0 Å². The quantitative estimate of drug-likeness (QED) is 0.820. The van der Waals surface area contributed by atoms with Gasteiger partial charge in [-0.2, -0.15) is 0 Å². The van der Waals surface area contributed by atoms with Gasteiger partial charge in [0.15, 0.2) is 0 Å². The number of hydrogen-bond acceptors (Lipinski definition) is 5. The lowest BCUT2D eigenvalue weighted by Crippen LogP contribution is -2.36. The highest BCUT2D eigenvalue weighted by molar-refractivity contribution is 5.68. The van der Waals surface area contributed by atoms with Gasteiger partial charge in [0, 0.05) is 17.8 Å². The van der Waals surface area contributed by atoms with Crippen molar-refractivity contribution >= 4 is 6.09 Å². The van der Waals surface area contributed by atoms with Crippen LogP contribution in [0.1, 0.15) is 46.1 Å². The van der Waals surface area contributed by atoms with Gasteiger partial charge >= 0.3 is 6.09 Å². The average Bonchev–Trinajstić information content (AvgIpc) is 3.05. The molecule has 1 amide bonds. The molecule has 0 bridgehead atoms. The first-order valence-corrected chi connectivity index (χ1v) is 8.64. The molecule has 2 unspecified atom stereocenters. The first-order chi connectivity index (χ1) is 11.8. The summed E-state index contributed by atoms with van der Waals surface area (Å²) in [5, 5.41) is 6.03. The fourth-order valence-electron chi connectivity index (χ4n) is 2.54. The fraction of sp³-hybridized carbons (Fsp3) is 0.579. The van der Waals surface area contributed by atoms with E-state index < -0.39 is 11.7 Å². The van der Waals surface area contributed by atoms with Crippen LogP contribution >= 0.6 is 0 Å². The second kappa shape index (κ2) is 8.72. The number of carbonyl (C=O) groups excluding carboxylic acids is 1. The summed E-state index contributed by atoms with van der Waals surface area (Å²) in [5.74, 6) is 6.55. The highest BCUT2D eigenvalue weighted by Crippen LogP contribution is 2.17. The van der Waals surface area contributed by atoms with Crippen LogP contribution in [-0.2, 0) is 4.74 Å². The highest BCUT2D eigenvalue weighted by Gasteiger charge is 2.22. The van der Waals surface area contributed by atoms with Crippen LogP contribution in [0.5, 0.6) is 5.75 Å². The number of ether oxygens (including phenoxy) is 2. The van der Waals surface area contributed by atoms with E-state index in [0.717, 1.165) is 18.5 Å². The molecule has 0 radical (unpaired) electrons. The molecule has 1 aromatic heterocycles. The van der Waals surface area contributed by atoms with Crippen molar-refractivity contribution in [2.24, 2.45) is 0 Å². The van der Waals surface area contributed by atoms with Crippen molar-refractivity contribution < 1.29 is 14.3 Å². The van der Waals surface area contributed by atoms with Gasteiger partial charge in [-0.1, -0.05) is 11.8 Å². The molecule has 6 nitrogen and oxygen atoms in total. The molecule has 6 heteroatoms. The smallest absolute Gasteiger partial charge is 0.408 e. The Morgan fingerprint density at radius 3 is 2.96 bits per heavy atom. The predicted octanol–water partition coefficient (Wildman–Crippen LogP) is 2.48. The van der Waals surface area contributed by atoms with Crippen LogP contribution in [0.25, 0.3) is 0 Å². The Kier molecular flexibility index (Phi) is 6.65. The zero-order valence-electron chi connectivity index (χ0n) is 15.4. The van der Waals surface area contributed by atoms with Crippen molar-refractivity contribution in [1.82, 2.24) is 15.6 Å². The van der Waals surface area contributed by atoms with E-state index in [4.69, 9.17) is 9.47 Å². The van der Waals surface area contributed by atoms with Gasteiger partial charge in [0.2, 0.25) is 0 Å². The third kappa shape index (κ3) is 7.02. The van der Waals surface area contributed by atoms with E-state index in [0.29, 0.717) is 11.8 Å². The zero-order chi connectivity index (χ0) is 18.3. The molecule has 0 aromatic carbocycles. The van der Waals surface area contributed by atoms with Crippen LogP contribution in [0.3, 0.4) is 0 Å². The lowest BCUT2D eigenvalue weighted by molar-refractivity contribution is 0.0535. The molecule has 2 atom stereocenters. The number of aromatic nitrogens is 1. The van der Waals surface area contributed by atoms with Crippen LogP contribution in [0, 0.1) is 11.8 Å². The van der Waals surface area contributed by atoms with Crippen molar-refractivity contribution in [3.8, 4) is 17.6 Å². The molecule has 136 valence electrons. The Bertz CT molecular complexity index is 637. The summed E-state index contributed by atoms with van der Waals surface area (Å²) in [6, 6.07) is 2.24. The van der Waals surface area contributed by atoms with Gasteiger partial charge in [-0.25, -0.2) is 4.79 Å². The van der Waals surface area contributed by atoms with Crippen molar-refractivity contribution in [2.75, 3.05) is 13.1 Å². The average molecular weight is 345 g/mol. The van der Waals surface area contributed by atoms with E-state index in [2.05, 4.69) is 34.4 Å². The third-order valence-corrected chi connectivity index (χ3v) is 3.65. The van der Waals surface area contributed by atoms with Crippen LogP contribution in [0.15, 0.2) is 18.5 Å². The van der Waals surface area contributed by atoms with Crippen molar-refractivity contribution in [3.05, 3.63) is 24.0 Å². The minimum Gasteiger partial charge on any atom is -0.487 e. The summed E-state index contributed by atoms with van der Waals surface area (Å²) < 4.78 is 11.1. The number of carbonyl (C=O) groups is 1. The number of amides is 1. The second-order valence-electron chi connectivity index (χ2n) is 7.09. The number of alkyl carbamates (subject to hydrolysis) is 1. The van der Waals surface area contributed by atoms with Gasteiger partial charge in [-0.05, 0) is 53.1 Å². The van der Waals surface area contributed by atoms with Crippen molar-refractivity contribution in [1.29, 1.82) is 0 Å². The Hall–Kier alpha value is -2.26. The lowest BCUT2D eigenvalue weighted by Gasteiger charge is -2.20. The molecule has 1 aliphatic heterocycles. The number of nitrogens with one attached hydrogen (secondary N) is 2. The van der Waals surface area contributed by atoms with E-state index in [9.17, 15) is 4.79 Å². The van der Waals surface area contributed by atoms with Crippen LogP contribution < -0.4 is 15.4 Å². The van der Waals surface area contributed by atoms with E-state index in [1.165, 1.54) is 6.42 Å². The number of hydrogen-bond donors (Lipinski definition) is 2. The molecule has 2 N–H and O–H groups in total. The molecule has 25 heavy (non-hydrogen) atoms. The maximum absolute atomic E-state index is 11.5. The minimum absolute atomic E-state index is 0.0846. The monoisotopic (exact) mass is 345 g/mol. The van der Waals surface area contributed by atoms with E-state index in [1.807, 2.05) is 26.8 Å². The summed E-state index contributed by atoms with van der Waals surface area (Å²) in [7, 11) is 0. The Labute approximate surface area is 149 Å². The standard InChI is InChI=1S/C19H27N3O3/c1-14(17-8-6-9-21-17)24-16-11-15(12-20-13-16)7-5-10-22-18(23)25-19(2,3)4/h11-14,17,21H,6,8-10H2,1-4H3,(H,22,23). The van der Waals surface area contributed by atoms with Gasteiger partial charge < -0.3 is 20.1 Å². The normalized spacial score (nSPS) is 18.0. The SMILES string of the molecule is CC(Oc1cncc(C#CCNC(=O)OC(C)(C)C)c1)C1CCCN1. The first kappa shape index (κ1) is 19.1. The van der Waals surface area contributed by atoms with Gasteiger partial charge in [-0.15, -0.1) is 0 Å². The van der Waals surface area contributed by atoms with Gasteiger partial charge in [0.1, 0.15) is 17.5 Å². The summed E-state index contributed by atoms with van der Waals surface area (Å²) in [4.78, 5) is 15.7. The summed E-state index contributed by atoms with van der Waals surface area (Å²) >= 11 is 0. The van der Waals surface area contributed by atoms with E-state index in [-0.39, 0.29) is 12.6 Å². The molecule has 2 heterocycles. The second-order valence-corrected chi connectivity index (χ2v) is 7.09. The number of rotatable bonds is 4. The lowest BCUT2D eigenvalue weighted by atomic mass is 10.1. The molecule has 1 aliphatic rings. The molecule has 0 spiro atoms. The predicted molar refractivity (Wildman–Crippen MR) is 96.5 cm³/mol. The van der Waals surface area contributed by atoms with Crippen LogP contribution in [-0.4, -0.2) is 41.9 Å². The summed E-state index contributed by atoms with van der Waals surface area (Å²) in [6.45, 7) is 8.77. The maximum atomic E-state index is 11.5. The van der Waals surface area contributed by atoms with Crippen LogP contribution in [0.2, 0.25) is 0 Å². The molecule has 0 aliphatic carbocycles. The summed E-state index contributed by atoms with van der Waals surface area (Å²) in [5.41, 5.74) is 0.230. The molecule has 1 aromatic rings. The molecular formula is C19H27N3O3. The fourth-order valence-corrected chi connectivity index (χ4v) is 2.54. The Balaban J connectivity index is 1.84. The largest absolute Gasteiger partial charge is 0.487 e. The number of nitrogens with zero attached hydrogens (tertiary/aromatic N) is 1. The van der Waals surface area contributed by atoms with Gasteiger partial charge in [0.05, 0.1) is 12.7 Å². The van der Waals surface area contributed by atoms with Gasteiger partial charge in [-0.3, -0.25) is 4.98 Å². The topological polar surface area (TPSA) is 72.5 Å². The number of pyridine rings is 1. The van der Waals surface area contributed by atoms with E-state index >= 15 is 0 Å². The van der Waals surface area contributed by atoms with Crippen LogP contribution in [0.4, 0.5) is 4.79 Å². The Morgan fingerprint density at radius 2 is 2.28 bits per heavy atom. The van der Waals surface area contributed by atoms with Crippen molar-refractivity contribution in [3.63, 3.8) is 0 Å². The molecule has 1 fully saturated rings. The maximum Gasteiger partial charge on any atom is 0.408 e. The Morgan fingerprint density at radius 1 is 1.48 bits per heavy atom.